The molecular formula is C50H63F2N9O6. The van der Waals surface area contributed by atoms with Crippen LogP contribution in [0.2, 0.25) is 0 Å². The second-order valence-electron chi connectivity index (χ2n) is 20.0. The van der Waals surface area contributed by atoms with Crippen molar-refractivity contribution in [2.24, 2.45) is 11.8 Å². The lowest BCUT2D eigenvalue weighted by Crippen LogP contribution is -2.51. The van der Waals surface area contributed by atoms with Crippen LogP contribution < -0.4 is 15.5 Å². The average molecular weight is 924 g/mol. The van der Waals surface area contributed by atoms with Gasteiger partial charge in [0.25, 0.3) is 0 Å². The molecule has 358 valence electrons. The molecule has 0 aliphatic carbocycles. The van der Waals surface area contributed by atoms with Crippen LogP contribution in [0.1, 0.15) is 127 Å². The molecule has 3 aliphatic heterocycles. The van der Waals surface area contributed by atoms with E-state index in [9.17, 15) is 19.2 Å². The summed E-state index contributed by atoms with van der Waals surface area (Å²) >= 11 is 0. The number of aromatic amines is 2. The van der Waals surface area contributed by atoms with Gasteiger partial charge in [-0.15, -0.1) is 0 Å². The number of hydrogen-bond donors (Lipinski definition) is 4. The molecule has 0 spiro atoms. The Labute approximate surface area is 389 Å². The third-order valence-electron chi connectivity index (χ3n) is 13.7. The fourth-order valence-corrected chi connectivity index (χ4v) is 10.1. The summed E-state index contributed by atoms with van der Waals surface area (Å²) in [5, 5.41) is 5.25. The average Bonchev–Trinajstić information content (AvgIpc) is 4.15. The van der Waals surface area contributed by atoms with Gasteiger partial charge in [-0.3, -0.25) is 9.59 Å². The molecule has 15 nitrogen and oxygen atoms in total. The number of ether oxygens (including phenoxy) is 2. The Morgan fingerprint density at radius 1 is 0.657 bits per heavy atom. The van der Waals surface area contributed by atoms with Gasteiger partial charge in [0, 0.05) is 18.5 Å². The zero-order valence-electron chi connectivity index (χ0n) is 39.7. The highest BCUT2D eigenvalue weighted by Crippen LogP contribution is 2.48. The van der Waals surface area contributed by atoms with Crippen LogP contribution in [0.5, 0.6) is 0 Å². The number of amides is 4. The fourth-order valence-electron chi connectivity index (χ4n) is 10.1. The zero-order valence-corrected chi connectivity index (χ0v) is 39.7. The van der Waals surface area contributed by atoms with Crippen LogP contribution in [0.25, 0.3) is 22.1 Å². The number of aromatic nitrogens is 4. The first-order chi connectivity index (χ1) is 31.8. The first-order valence-corrected chi connectivity index (χ1v) is 23.3. The minimum absolute atomic E-state index is 0.0434. The van der Waals surface area contributed by atoms with E-state index in [1.54, 1.807) is 0 Å². The molecule has 0 unspecified atom stereocenters. The van der Waals surface area contributed by atoms with Gasteiger partial charge in [-0.2, -0.15) is 0 Å². The Morgan fingerprint density at radius 2 is 1.07 bits per heavy atom. The van der Waals surface area contributed by atoms with E-state index in [-0.39, 0.29) is 55.3 Å². The third-order valence-corrected chi connectivity index (χ3v) is 13.7. The Morgan fingerprint density at radius 3 is 1.45 bits per heavy atom. The molecule has 3 fully saturated rings. The number of alkyl carbamates (subject to hydrolysis) is 2. The number of hydrogen-bond acceptors (Lipinski definition) is 9. The van der Waals surface area contributed by atoms with Gasteiger partial charge in [-0.25, -0.2) is 28.3 Å². The van der Waals surface area contributed by atoms with E-state index in [1.807, 2.05) is 39.8 Å². The largest absolute Gasteiger partial charge is 0.453 e. The number of nitrogens with zero attached hydrogens (tertiary/aromatic N) is 5. The van der Waals surface area contributed by atoms with Crippen LogP contribution >= 0.6 is 0 Å². The topological polar surface area (TPSA) is 178 Å². The first-order valence-electron chi connectivity index (χ1n) is 23.3. The highest BCUT2D eigenvalue weighted by atomic mass is 19.1. The SMILES string of the molecule is COC(=O)N[C@H](C(=O)N1C[C@@H](F)C[C@H]1c1nc2cc([C@H]3CC[C@H](c4ccc5[nH]c([C@@H]6C[C@H](F)CN6C(=O)[C@@H](NC(=O)OC)C(C)C)nc5c4)N3c3ccc(C(C)(C)C)cc3)ccc2[nH]1)C(C)C. The molecule has 0 bridgehead atoms. The molecular weight excluding hydrogens is 861 g/mol. The number of likely N-dealkylation sites (tertiary alicyclic amines) is 2. The van der Waals surface area contributed by atoms with E-state index < -0.39 is 60.5 Å². The molecule has 8 atom stereocenters. The predicted molar refractivity (Wildman–Crippen MR) is 251 cm³/mol. The number of alkyl halides is 2. The highest BCUT2D eigenvalue weighted by molar-refractivity contribution is 5.88. The number of H-pyrrole nitrogens is 2. The third kappa shape index (κ3) is 9.51. The summed E-state index contributed by atoms with van der Waals surface area (Å²) in [7, 11) is 2.47. The van der Waals surface area contributed by atoms with Gasteiger partial charge < -0.3 is 44.8 Å². The number of fused-ring (bicyclic) bond motifs is 2. The van der Waals surface area contributed by atoms with Crippen molar-refractivity contribution >= 4 is 51.8 Å². The van der Waals surface area contributed by atoms with Crippen LogP contribution in [0, 0.1) is 11.8 Å². The smallest absolute Gasteiger partial charge is 0.407 e. The lowest BCUT2D eigenvalue weighted by atomic mass is 9.87. The van der Waals surface area contributed by atoms with Crippen molar-refractivity contribution in [3.05, 3.63) is 89.0 Å². The summed E-state index contributed by atoms with van der Waals surface area (Å²) < 4.78 is 39.9. The van der Waals surface area contributed by atoms with Crippen molar-refractivity contribution in [2.75, 3.05) is 32.2 Å². The molecule has 3 aromatic carbocycles. The number of halogens is 2. The van der Waals surface area contributed by atoms with Crippen molar-refractivity contribution in [1.82, 2.24) is 40.4 Å². The quantitative estimate of drug-likeness (QED) is 0.101. The van der Waals surface area contributed by atoms with Crippen molar-refractivity contribution in [1.29, 1.82) is 0 Å². The van der Waals surface area contributed by atoms with Gasteiger partial charge in [-0.1, -0.05) is 72.7 Å². The Balaban J connectivity index is 1.10. The van der Waals surface area contributed by atoms with Crippen LogP contribution in [0.4, 0.5) is 24.1 Å². The summed E-state index contributed by atoms with van der Waals surface area (Å²) in [6, 6.07) is 17.8. The highest BCUT2D eigenvalue weighted by Gasteiger charge is 2.44. The normalized spacial score (nSPS) is 23.1. The Hall–Kier alpha value is -6.26. The molecule has 3 saturated heterocycles. The lowest BCUT2D eigenvalue weighted by molar-refractivity contribution is -0.136. The maximum absolute atomic E-state index is 15.2. The fraction of sp³-hybridized carbons (Fsp3) is 0.520. The molecule has 3 aliphatic rings. The predicted octanol–water partition coefficient (Wildman–Crippen LogP) is 8.80. The standard InChI is InChI=1S/C50H63F2N9O6/c1-26(2)42(57-48(64)66-8)46(62)59-24-31(51)22-40(59)44-53-34-16-10-28(20-36(34)55-44)38-18-19-39(61(38)33-14-12-30(13-15-33)50(5,6)7)29-11-17-35-37(21-29)56-45(54-35)41-23-32(52)25-60(41)47(63)43(27(3)4)58-49(65)67-9/h10-17,20-21,26-27,31-32,38-43H,18-19,22-25H2,1-9H3,(H,53,55)(H,54,56)(H,57,64)(H,58,65)/t31-,32-,38+,39+,40-,41-,42-,43-/m0/s1. The number of carbonyl (C=O) groups excluding carboxylic acids is 4. The molecule has 0 saturated carbocycles. The minimum atomic E-state index is -1.26. The number of benzene rings is 3. The summed E-state index contributed by atoms with van der Waals surface area (Å²) in [5.74, 6) is -0.353. The molecule has 5 heterocycles. The lowest BCUT2D eigenvalue weighted by Gasteiger charge is -2.34. The summed E-state index contributed by atoms with van der Waals surface area (Å²) in [5.41, 5.74) is 7.24. The summed E-state index contributed by atoms with van der Waals surface area (Å²) in [6.45, 7) is 13.6. The maximum atomic E-state index is 15.2. The van der Waals surface area contributed by atoms with Gasteiger partial charge >= 0.3 is 12.2 Å². The van der Waals surface area contributed by atoms with Gasteiger partial charge in [-0.05, 0) is 83.2 Å². The van der Waals surface area contributed by atoms with Gasteiger partial charge in [0.05, 0.1) is 73.5 Å². The van der Waals surface area contributed by atoms with Crippen LogP contribution in [-0.2, 0) is 24.5 Å². The number of carbonyl (C=O) groups is 4. The van der Waals surface area contributed by atoms with E-state index in [1.165, 1.54) is 29.6 Å². The van der Waals surface area contributed by atoms with E-state index in [4.69, 9.17) is 19.4 Å². The van der Waals surface area contributed by atoms with E-state index >= 15 is 8.78 Å². The van der Waals surface area contributed by atoms with Gasteiger partial charge in [0.1, 0.15) is 36.1 Å². The van der Waals surface area contributed by atoms with Crippen LogP contribution in [0.15, 0.2) is 60.7 Å². The van der Waals surface area contributed by atoms with Crippen molar-refractivity contribution in [3.63, 3.8) is 0 Å². The van der Waals surface area contributed by atoms with Gasteiger partial charge in [0.15, 0.2) is 0 Å². The second kappa shape index (κ2) is 18.8. The maximum Gasteiger partial charge on any atom is 0.407 e. The summed E-state index contributed by atoms with van der Waals surface area (Å²) in [4.78, 5) is 74.1. The Kier molecular flexibility index (Phi) is 13.2. The number of imidazole rings is 2. The molecule has 5 aromatic rings. The van der Waals surface area contributed by atoms with Crippen molar-refractivity contribution < 1.29 is 37.4 Å². The number of anilines is 1. The Bertz CT molecular complexity index is 2480. The van der Waals surface area contributed by atoms with E-state index in [2.05, 4.69) is 94.8 Å². The molecule has 2 aromatic heterocycles. The minimum Gasteiger partial charge on any atom is -0.453 e. The van der Waals surface area contributed by atoms with E-state index in [0.717, 1.165) is 40.7 Å². The van der Waals surface area contributed by atoms with Crippen molar-refractivity contribution in [2.45, 2.75) is 128 Å². The van der Waals surface area contributed by atoms with Gasteiger partial charge in [0.2, 0.25) is 11.8 Å². The van der Waals surface area contributed by atoms with Crippen molar-refractivity contribution in [3.8, 4) is 0 Å². The molecule has 0 radical (unpaired) electrons. The number of methoxy groups -OCH3 is 2. The van der Waals surface area contributed by atoms with Crippen LogP contribution in [0.3, 0.4) is 0 Å². The molecule has 4 amide bonds. The molecule has 17 heteroatoms. The molecule has 8 rings (SSSR count). The first kappa shape index (κ1) is 47.2. The second-order valence-corrected chi connectivity index (χ2v) is 20.0. The summed E-state index contributed by atoms with van der Waals surface area (Å²) in [6.07, 6.45) is -2.17. The van der Waals surface area contributed by atoms with Crippen LogP contribution in [-0.4, -0.2) is 105 Å². The number of rotatable bonds is 11. The number of nitrogens with one attached hydrogen (secondary N) is 4. The molecule has 4 N–H and O–H groups in total. The molecule has 67 heavy (non-hydrogen) atoms. The monoisotopic (exact) mass is 923 g/mol. The zero-order chi connectivity index (χ0) is 48.1. The van der Waals surface area contributed by atoms with E-state index in [0.29, 0.717) is 22.7 Å².